The highest BCUT2D eigenvalue weighted by molar-refractivity contribution is 5.72. The van der Waals surface area contributed by atoms with E-state index >= 15 is 0 Å². The number of benzene rings is 1. The van der Waals surface area contributed by atoms with Crippen molar-refractivity contribution in [3.8, 4) is 5.75 Å². The topological polar surface area (TPSA) is 72.5 Å². The van der Waals surface area contributed by atoms with Gasteiger partial charge in [0.2, 0.25) is 0 Å². The molecule has 0 aliphatic heterocycles. The van der Waals surface area contributed by atoms with Gasteiger partial charge in [-0.15, -0.1) is 0 Å². The molecule has 0 amide bonds. The number of nitrogens with two attached hydrogens (primary N) is 1. The van der Waals surface area contributed by atoms with Crippen LogP contribution in [0.1, 0.15) is 6.42 Å². The number of ether oxygens (including phenoxy) is 1. The first-order valence-corrected chi connectivity index (χ1v) is 4.36. The highest BCUT2D eigenvalue weighted by atomic mass is 16.5. The second-order valence-corrected chi connectivity index (χ2v) is 2.89. The molecule has 0 aliphatic rings. The molecule has 0 aliphatic carbocycles. The zero-order chi connectivity index (χ0) is 10.4. The second-order valence-electron chi connectivity index (χ2n) is 2.89. The number of carbonyl (C=O) groups is 1. The number of hydrogen-bond acceptors (Lipinski definition) is 3. The van der Waals surface area contributed by atoms with Crippen molar-refractivity contribution in [1.29, 1.82) is 0 Å². The molecule has 0 unspecified atom stereocenters. The zero-order valence-corrected chi connectivity index (χ0v) is 7.72. The predicted molar refractivity (Wildman–Crippen MR) is 52.2 cm³/mol. The van der Waals surface area contributed by atoms with Gasteiger partial charge in [0, 0.05) is 6.42 Å². The lowest BCUT2D eigenvalue weighted by Crippen LogP contribution is -2.31. The summed E-state index contributed by atoms with van der Waals surface area (Å²) in [5, 5.41) is 8.50. The van der Waals surface area contributed by atoms with Crippen LogP contribution in [-0.4, -0.2) is 23.7 Å². The van der Waals surface area contributed by atoms with Crippen molar-refractivity contribution in [2.24, 2.45) is 5.73 Å². The third-order valence-corrected chi connectivity index (χ3v) is 1.76. The van der Waals surface area contributed by atoms with E-state index in [1.807, 2.05) is 30.3 Å². The first kappa shape index (κ1) is 10.5. The standard InChI is InChI=1S/C10H13NO3/c11-9(10(12)13)6-7-14-8-4-2-1-3-5-8/h1-5,9H,6-7,11H2,(H,12,13)/t9-/m0/s1. The van der Waals surface area contributed by atoms with Crippen molar-refractivity contribution in [2.45, 2.75) is 12.5 Å². The summed E-state index contributed by atoms with van der Waals surface area (Å²) in [5.41, 5.74) is 5.30. The summed E-state index contributed by atoms with van der Waals surface area (Å²) in [4.78, 5) is 10.4. The Morgan fingerprint density at radius 1 is 1.43 bits per heavy atom. The van der Waals surface area contributed by atoms with Gasteiger partial charge in [-0.1, -0.05) is 18.2 Å². The minimum atomic E-state index is -0.998. The molecule has 0 bridgehead atoms. The van der Waals surface area contributed by atoms with Crippen molar-refractivity contribution in [3.05, 3.63) is 30.3 Å². The van der Waals surface area contributed by atoms with Gasteiger partial charge in [0.1, 0.15) is 11.8 Å². The molecule has 1 aromatic rings. The first-order chi connectivity index (χ1) is 6.70. The van der Waals surface area contributed by atoms with Crippen LogP contribution in [0.3, 0.4) is 0 Å². The van der Waals surface area contributed by atoms with Gasteiger partial charge in [0.25, 0.3) is 0 Å². The molecular weight excluding hydrogens is 182 g/mol. The fourth-order valence-electron chi connectivity index (χ4n) is 0.944. The molecule has 1 aromatic carbocycles. The fraction of sp³-hybridized carbons (Fsp3) is 0.300. The Hall–Kier alpha value is -1.55. The number of aliphatic carboxylic acids is 1. The van der Waals surface area contributed by atoms with Crippen molar-refractivity contribution in [3.63, 3.8) is 0 Å². The van der Waals surface area contributed by atoms with Gasteiger partial charge in [0.15, 0.2) is 0 Å². The minimum Gasteiger partial charge on any atom is -0.494 e. The summed E-state index contributed by atoms with van der Waals surface area (Å²) >= 11 is 0. The summed E-state index contributed by atoms with van der Waals surface area (Å²) in [6.45, 7) is 0.317. The summed E-state index contributed by atoms with van der Waals surface area (Å²) in [5.74, 6) is -0.272. The van der Waals surface area contributed by atoms with Crippen molar-refractivity contribution in [1.82, 2.24) is 0 Å². The maximum atomic E-state index is 10.4. The van der Waals surface area contributed by atoms with Crippen LogP contribution in [0.2, 0.25) is 0 Å². The highest BCUT2D eigenvalue weighted by Crippen LogP contribution is 2.08. The first-order valence-electron chi connectivity index (χ1n) is 4.36. The smallest absolute Gasteiger partial charge is 0.320 e. The van der Waals surface area contributed by atoms with Gasteiger partial charge >= 0.3 is 5.97 Å². The van der Waals surface area contributed by atoms with Crippen LogP contribution < -0.4 is 10.5 Å². The van der Waals surface area contributed by atoms with Crippen LogP contribution in [-0.2, 0) is 4.79 Å². The van der Waals surface area contributed by atoms with Crippen LogP contribution in [0.15, 0.2) is 30.3 Å². The molecule has 4 heteroatoms. The zero-order valence-electron chi connectivity index (χ0n) is 7.72. The average Bonchev–Trinajstić information content (AvgIpc) is 2.19. The van der Waals surface area contributed by atoms with E-state index in [0.717, 1.165) is 5.75 Å². The molecule has 14 heavy (non-hydrogen) atoms. The SMILES string of the molecule is N[C@@H](CCOc1ccccc1)C(=O)O. The Bertz CT molecular complexity index is 287. The number of rotatable bonds is 5. The molecular formula is C10H13NO3. The van der Waals surface area contributed by atoms with E-state index in [1.165, 1.54) is 0 Å². The van der Waals surface area contributed by atoms with Crippen LogP contribution >= 0.6 is 0 Å². The van der Waals surface area contributed by atoms with E-state index in [2.05, 4.69) is 0 Å². The lowest BCUT2D eigenvalue weighted by Gasteiger charge is -2.08. The molecule has 4 nitrogen and oxygen atoms in total. The molecule has 0 spiro atoms. The Morgan fingerprint density at radius 2 is 2.07 bits per heavy atom. The van der Waals surface area contributed by atoms with Gasteiger partial charge in [-0.2, -0.15) is 0 Å². The molecule has 0 saturated heterocycles. The molecule has 0 aromatic heterocycles. The quantitative estimate of drug-likeness (QED) is 0.731. The number of hydrogen-bond donors (Lipinski definition) is 2. The second kappa shape index (κ2) is 5.24. The maximum Gasteiger partial charge on any atom is 0.320 e. The van der Waals surface area contributed by atoms with Crippen molar-refractivity contribution < 1.29 is 14.6 Å². The molecule has 76 valence electrons. The average molecular weight is 195 g/mol. The van der Waals surface area contributed by atoms with Gasteiger partial charge < -0.3 is 15.6 Å². The lowest BCUT2D eigenvalue weighted by atomic mass is 10.2. The minimum absolute atomic E-state index is 0.310. The monoisotopic (exact) mass is 195 g/mol. The van der Waals surface area contributed by atoms with E-state index < -0.39 is 12.0 Å². The molecule has 1 rings (SSSR count). The third kappa shape index (κ3) is 3.45. The van der Waals surface area contributed by atoms with Crippen LogP contribution in [0.4, 0.5) is 0 Å². The van der Waals surface area contributed by atoms with Crippen LogP contribution in [0.25, 0.3) is 0 Å². The summed E-state index contributed by atoms with van der Waals surface area (Å²) < 4.78 is 5.28. The highest BCUT2D eigenvalue weighted by Gasteiger charge is 2.10. The molecule has 0 fully saturated rings. The molecule has 1 atom stereocenters. The third-order valence-electron chi connectivity index (χ3n) is 1.76. The normalized spacial score (nSPS) is 12.1. The number of carboxylic acid groups (broad SMARTS) is 1. The predicted octanol–water partition coefficient (Wildman–Crippen LogP) is 0.867. The summed E-state index contributed by atoms with van der Waals surface area (Å²) in [7, 11) is 0. The lowest BCUT2D eigenvalue weighted by molar-refractivity contribution is -0.138. The van der Waals surface area contributed by atoms with Crippen LogP contribution in [0.5, 0.6) is 5.75 Å². The Balaban J connectivity index is 2.26. The van der Waals surface area contributed by atoms with E-state index in [9.17, 15) is 4.79 Å². The van der Waals surface area contributed by atoms with E-state index in [-0.39, 0.29) is 0 Å². The van der Waals surface area contributed by atoms with Crippen LogP contribution in [0, 0.1) is 0 Å². The molecule has 0 heterocycles. The Labute approximate surface area is 82.3 Å². The Morgan fingerprint density at radius 3 is 2.64 bits per heavy atom. The van der Waals surface area contributed by atoms with E-state index in [4.69, 9.17) is 15.6 Å². The van der Waals surface area contributed by atoms with Gasteiger partial charge in [-0.25, -0.2) is 0 Å². The fourth-order valence-corrected chi connectivity index (χ4v) is 0.944. The largest absolute Gasteiger partial charge is 0.494 e. The van der Waals surface area contributed by atoms with Gasteiger partial charge in [0.05, 0.1) is 6.61 Å². The molecule has 3 N–H and O–H groups in total. The molecule has 0 radical (unpaired) electrons. The number of para-hydroxylation sites is 1. The van der Waals surface area contributed by atoms with E-state index in [1.54, 1.807) is 0 Å². The van der Waals surface area contributed by atoms with E-state index in [0.29, 0.717) is 13.0 Å². The Kier molecular flexibility index (Phi) is 3.94. The van der Waals surface area contributed by atoms with Crippen molar-refractivity contribution in [2.75, 3.05) is 6.61 Å². The van der Waals surface area contributed by atoms with Crippen molar-refractivity contribution >= 4 is 5.97 Å². The maximum absolute atomic E-state index is 10.4. The van der Waals surface area contributed by atoms with Gasteiger partial charge in [-0.05, 0) is 12.1 Å². The summed E-state index contributed by atoms with van der Waals surface area (Å²) in [6, 6.07) is 8.37. The summed E-state index contributed by atoms with van der Waals surface area (Å²) in [6.07, 6.45) is 0.310. The molecule has 0 saturated carbocycles. The number of carboxylic acids is 1. The van der Waals surface area contributed by atoms with Gasteiger partial charge in [-0.3, -0.25) is 4.79 Å².